The first-order valence-electron chi connectivity index (χ1n) is 5.46. The van der Waals surface area contributed by atoms with Crippen LogP contribution in [0.5, 0.6) is 0 Å². The molecule has 18 heavy (non-hydrogen) atoms. The summed E-state index contributed by atoms with van der Waals surface area (Å²) < 4.78 is 13.2. The van der Waals surface area contributed by atoms with E-state index in [0.717, 1.165) is 5.56 Å². The maximum Gasteiger partial charge on any atom is 0.185 e. The number of benzene rings is 1. The maximum atomic E-state index is 13.2. The monoisotopic (exact) mass is 263 g/mol. The molecule has 2 nitrogen and oxygen atoms in total. The molecule has 0 aliphatic heterocycles. The number of hydrogen-bond acceptors (Lipinski definition) is 2. The highest BCUT2D eigenvalue weighted by Gasteiger charge is 2.10. The fraction of sp³-hybridized carbons (Fsp3) is 0.143. The second-order valence-electron chi connectivity index (χ2n) is 4.07. The quantitative estimate of drug-likeness (QED) is 0.792. The highest BCUT2D eigenvalue weighted by atomic mass is 35.5. The van der Waals surface area contributed by atoms with Gasteiger partial charge < -0.3 is 0 Å². The number of halogens is 2. The smallest absolute Gasteiger partial charge is 0.185 e. The lowest BCUT2D eigenvalue weighted by molar-refractivity contribution is 0.0988. The summed E-state index contributed by atoms with van der Waals surface area (Å²) in [6.07, 6.45) is 1.70. The van der Waals surface area contributed by atoms with E-state index in [1.807, 2.05) is 13.0 Å². The molecule has 0 bridgehead atoms. The van der Waals surface area contributed by atoms with Crippen molar-refractivity contribution in [2.75, 3.05) is 0 Å². The highest BCUT2D eigenvalue weighted by Crippen LogP contribution is 2.16. The van der Waals surface area contributed by atoms with E-state index in [1.165, 1.54) is 12.1 Å². The van der Waals surface area contributed by atoms with E-state index < -0.39 is 5.82 Å². The maximum absolute atomic E-state index is 13.2. The number of ketones is 1. The van der Waals surface area contributed by atoms with Crippen LogP contribution in [0.3, 0.4) is 0 Å². The van der Waals surface area contributed by atoms with Crippen LogP contribution in [0.4, 0.5) is 4.39 Å². The third-order valence-electron chi connectivity index (χ3n) is 2.55. The van der Waals surface area contributed by atoms with E-state index in [4.69, 9.17) is 11.6 Å². The molecule has 1 aromatic carbocycles. The summed E-state index contributed by atoms with van der Waals surface area (Å²) in [5, 5.41) is 0.0554. The molecule has 0 unspecified atom stereocenters. The third kappa shape index (κ3) is 2.93. The molecular weight excluding hydrogens is 253 g/mol. The van der Waals surface area contributed by atoms with E-state index >= 15 is 0 Å². The van der Waals surface area contributed by atoms with Crippen molar-refractivity contribution in [3.05, 3.63) is 64.2 Å². The molecular formula is C14H11ClFNO. The van der Waals surface area contributed by atoms with Crippen molar-refractivity contribution in [3.8, 4) is 0 Å². The van der Waals surface area contributed by atoms with Crippen LogP contribution in [-0.4, -0.2) is 10.8 Å². The van der Waals surface area contributed by atoms with Gasteiger partial charge in [-0.15, -0.1) is 0 Å². The van der Waals surface area contributed by atoms with E-state index in [0.29, 0.717) is 11.3 Å². The molecule has 2 aromatic rings. The van der Waals surface area contributed by atoms with Gasteiger partial charge in [-0.25, -0.2) is 4.39 Å². The number of aryl methyl sites for hydroxylation is 1. The largest absolute Gasteiger partial charge is 0.292 e. The van der Waals surface area contributed by atoms with Crippen molar-refractivity contribution in [2.45, 2.75) is 13.3 Å². The molecule has 0 amide bonds. The van der Waals surface area contributed by atoms with E-state index in [2.05, 4.69) is 4.98 Å². The Balaban J connectivity index is 2.18. The molecule has 2 rings (SSSR count). The first kappa shape index (κ1) is 12.7. The summed E-state index contributed by atoms with van der Waals surface area (Å²) in [4.78, 5) is 16.0. The normalized spacial score (nSPS) is 10.4. The van der Waals surface area contributed by atoms with Crippen molar-refractivity contribution in [2.24, 2.45) is 0 Å². The molecule has 1 aromatic heterocycles. The van der Waals surface area contributed by atoms with Crippen LogP contribution in [0, 0.1) is 12.7 Å². The summed E-state index contributed by atoms with van der Waals surface area (Å²) in [5.41, 5.74) is 1.95. The van der Waals surface area contributed by atoms with E-state index in [-0.39, 0.29) is 17.2 Å². The second kappa shape index (κ2) is 5.27. The molecule has 0 aliphatic rings. The SMILES string of the molecule is Cc1ccnc(C(=O)Cc2ccc(Cl)c(F)c2)c1. The number of rotatable bonds is 3. The van der Waals surface area contributed by atoms with Gasteiger partial charge in [0.15, 0.2) is 5.78 Å². The summed E-state index contributed by atoms with van der Waals surface area (Å²) in [7, 11) is 0. The number of carbonyl (C=O) groups is 1. The lowest BCUT2D eigenvalue weighted by Gasteiger charge is -2.03. The van der Waals surface area contributed by atoms with Crippen molar-refractivity contribution < 1.29 is 9.18 Å². The van der Waals surface area contributed by atoms with Gasteiger partial charge in [0.05, 0.1) is 5.02 Å². The average Bonchev–Trinajstić information content (AvgIpc) is 2.34. The van der Waals surface area contributed by atoms with Crippen LogP contribution in [0.2, 0.25) is 5.02 Å². The zero-order valence-corrected chi connectivity index (χ0v) is 10.5. The molecule has 0 fully saturated rings. The van der Waals surface area contributed by atoms with Gasteiger partial charge in [0, 0.05) is 12.6 Å². The number of carbonyl (C=O) groups excluding carboxylic acids is 1. The molecule has 0 saturated heterocycles. The van der Waals surface area contributed by atoms with Gasteiger partial charge in [0.25, 0.3) is 0 Å². The summed E-state index contributed by atoms with van der Waals surface area (Å²) in [5.74, 6) is -0.653. The van der Waals surface area contributed by atoms with Crippen molar-refractivity contribution in [3.63, 3.8) is 0 Å². The van der Waals surface area contributed by atoms with Crippen LogP contribution >= 0.6 is 11.6 Å². The Morgan fingerprint density at radius 3 is 2.78 bits per heavy atom. The standard InChI is InChI=1S/C14H11ClFNO/c1-9-4-5-17-13(6-9)14(18)8-10-2-3-11(15)12(16)7-10/h2-7H,8H2,1H3. The molecule has 0 N–H and O–H groups in total. The Hall–Kier alpha value is -1.74. The third-order valence-corrected chi connectivity index (χ3v) is 2.86. The van der Waals surface area contributed by atoms with Gasteiger partial charge >= 0.3 is 0 Å². The Bertz CT molecular complexity index is 598. The van der Waals surface area contributed by atoms with E-state index in [9.17, 15) is 9.18 Å². The minimum atomic E-state index is -0.515. The number of aromatic nitrogens is 1. The fourth-order valence-corrected chi connectivity index (χ4v) is 1.73. The number of pyridine rings is 1. The van der Waals surface area contributed by atoms with Crippen LogP contribution in [0.1, 0.15) is 21.6 Å². The Kier molecular flexibility index (Phi) is 3.72. The molecule has 0 saturated carbocycles. The van der Waals surface area contributed by atoms with Gasteiger partial charge in [0.2, 0.25) is 0 Å². The summed E-state index contributed by atoms with van der Waals surface area (Å²) >= 11 is 5.58. The molecule has 1 heterocycles. The van der Waals surface area contributed by atoms with Gasteiger partial charge in [-0.1, -0.05) is 17.7 Å². The van der Waals surface area contributed by atoms with Crippen molar-refractivity contribution in [1.29, 1.82) is 0 Å². The van der Waals surface area contributed by atoms with Gasteiger partial charge in [-0.3, -0.25) is 9.78 Å². The first-order chi connectivity index (χ1) is 8.56. The molecule has 0 aliphatic carbocycles. The highest BCUT2D eigenvalue weighted by molar-refractivity contribution is 6.30. The predicted molar refractivity (Wildman–Crippen MR) is 68.4 cm³/mol. The molecule has 0 radical (unpaired) electrons. The Morgan fingerprint density at radius 2 is 2.11 bits per heavy atom. The lowest BCUT2D eigenvalue weighted by atomic mass is 10.1. The molecule has 92 valence electrons. The van der Waals surface area contributed by atoms with Crippen molar-refractivity contribution in [1.82, 2.24) is 4.98 Å². The second-order valence-corrected chi connectivity index (χ2v) is 4.47. The minimum absolute atomic E-state index is 0.0554. The van der Waals surface area contributed by atoms with Gasteiger partial charge in [-0.05, 0) is 42.3 Å². The van der Waals surface area contributed by atoms with Crippen molar-refractivity contribution >= 4 is 17.4 Å². The molecule has 0 spiro atoms. The number of Topliss-reactive ketones (excluding diaryl/α,β-unsaturated/α-hetero) is 1. The average molecular weight is 264 g/mol. The number of hydrogen-bond donors (Lipinski definition) is 0. The first-order valence-corrected chi connectivity index (χ1v) is 5.84. The fourth-order valence-electron chi connectivity index (χ4n) is 1.61. The number of nitrogens with zero attached hydrogens (tertiary/aromatic N) is 1. The zero-order chi connectivity index (χ0) is 13.1. The van der Waals surface area contributed by atoms with Crippen LogP contribution in [0.25, 0.3) is 0 Å². The van der Waals surface area contributed by atoms with Crippen LogP contribution in [0.15, 0.2) is 36.5 Å². The van der Waals surface area contributed by atoms with Crippen LogP contribution < -0.4 is 0 Å². The summed E-state index contributed by atoms with van der Waals surface area (Å²) in [6, 6.07) is 7.89. The topological polar surface area (TPSA) is 30.0 Å². The molecule has 4 heteroatoms. The Labute approximate surface area is 109 Å². The van der Waals surface area contributed by atoms with Gasteiger partial charge in [0.1, 0.15) is 11.5 Å². The van der Waals surface area contributed by atoms with E-state index in [1.54, 1.807) is 18.3 Å². The summed E-state index contributed by atoms with van der Waals surface area (Å²) in [6.45, 7) is 1.89. The predicted octanol–water partition coefficient (Wildman–Crippen LogP) is 3.61. The molecule has 0 atom stereocenters. The van der Waals surface area contributed by atoms with Crippen LogP contribution in [-0.2, 0) is 6.42 Å². The minimum Gasteiger partial charge on any atom is -0.292 e. The zero-order valence-electron chi connectivity index (χ0n) is 9.78. The Morgan fingerprint density at radius 1 is 1.33 bits per heavy atom. The lowest BCUT2D eigenvalue weighted by Crippen LogP contribution is -2.06. The van der Waals surface area contributed by atoms with Gasteiger partial charge in [-0.2, -0.15) is 0 Å².